The molecule has 0 heterocycles. The Morgan fingerprint density at radius 1 is 1.44 bits per heavy atom. The smallest absolute Gasteiger partial charge is 0.307 e. The molecule has 4 heteroatoms. The van der Waals surface area contributed by atoms with Crippen LogP contribution < -0.4 is 5.32 Å². The monoisotopic (exact) mass is 267 g/mol. The van der Waals surface area contributed by atoms with Crippen molar-refractivity contribution < 1.29 is 9.53 Å². The highest BCUT2D eigenvalue weighted by atomic mass is 35.5. The fourth-order valence-electron chi connectivity index (χ4n) is 1.96. The maximum Gasteiger partial charge on any atom is 0.307 e. The van der Waals surface area contributed by atoms with Gasteiger partial charge in [0, 0.05) is 17.1 Å². The molecule has 1 aliphatic rings. The summed E-state index contributed by atoms with van der Waals surface area (Å²) in [4.78, 5) is 11.4. The van der Waals surface area contributed by atoms with Gasteiger partial charge in [0.15, 0.2) is 0 Å². The molecule has 0 amide bonds. The minimum Gasteiger partial charge on any atom is -0.469 e. The first kappa shape index (κ1) is 13.4. The van der Waals surface area contributed by atoms with Gasteiger partial charge in [0.2, 0.25) is 0 Å². The second kappa shape index (κ2) is 6.21. The normalized spacial score (nSPS) is 16.3. The summed E-state index contributed by atoms with van der Waals surface area (Å²) in [6, 6.07) is 8.48. The Labute approximate surface area is 112 Å². The van der Waals surface area contributed by atoms with Crippen molar-refractivity contribution in [2.75, 3.05) is 7.11 Å². The number of carbonyl (C=O) groups excluding carboxylic acids is 1. The van der Waals surface area contributed by atoms with Gasteiger partial charge in [-0.1, -0.05) is 23.7 Å². The summed E-state index contributed by atoms with van der Waals surface area (Å²) in [5, 5.41) is 4.22. The van der Waals surface area contributed by atoms with E-state index < -0.39 is 0 Å². The third-order valence-corrected chi connectivity index (χ3v) is 3.34. The van der Waals surface area contributed by atoms with Gasteiger partial charge in [0.25, 0.3) is 0 Å². The van der Waals surface area contributed by atoms with Gasteiger partial charge in [-0.3, -0.25) is 4.79 Å². The van der Waals surface area contributed by atoms with E-state index >= 15 is 0 Å². The molecule has 0 bridgehead atoms. The Bertz CT molecular complexity index is 401. The van der Waals surface area contributed by atoms with Gasteiger partial charge in [-0.05, 0) is 37.0 Å². The lowest BCUT2D eigenvalue weighted by Crippen LogP contribution is -2.35. The Morgan fingerprint density at radius 2 is 2.11 bits per heavy atom. The van der Waals surface area contributed by atoms with Crippen molar-refractivity contribution in [2.24, 2.45) is 0 Å². The maximum atomic E-state index is 11.4. The minimum absolute atomic E-state index is 0.145. The molecule has 0 radical (unpaired) electrons. The van der Waals surface area contributed by atoms with E-state index in [2.05, 4.69) is 5.32 Å². The first-order valence-electron chi connectivity index (χ1n) is 6.24. The fraction of sp³-hybridized carbons (Fsp3) is 0.500. The number of nitrogens with one attached hydrogen (secondary N) is 1. The first-order valence-corrected chi connectivity index (χ1v) is 6.62. The number of methoxy groups -OCH3 is 1. The van der Waals surface area contributed by atoms with Gasteiger partial charge >= 0.3 is 5.97 Å². The van der Waals surface area contributed by atoms with Gasteiger partial charge in [-0.15, -0.1) is 0 Å². The van der Waals surface area contributed by atoms with Crippen LogP contribution in [0.3, 0.4) is 0 Å². The van der Waals surface area contributed by atoms with Crippen molar-refractivity contribution in [1.82, 2.24) is 5.32 Å². The zero-order valence-electron chi connectivity index (χ0n) is 10.5. The lowest BCUT2D eigenvalue weighted by Gasteiger charge is -2.17. The second-order valence-electron chi connectivity index (χ2n) is 4.75. The Hall–Kier alpha value is -1.06. The highest BCUT2D eigenvalue weighted by molar-refractivity contribution is 6.30. The van der Waals surface area contributed by atoms with Gasteiger partial charge in [-0.2, -0.15) is 0 Å². The van der Waals surface area contributed by atoms with E-state index in [0.717, 1.165) is 11.4 Å². The predicted molar refractivity (Wildman–Crippen MR) is 71.7 cm³/mol. The maximum absolute atomic E-state index is 11.4. The van der Waals surface area contributed by atoms with Crippen molar-refractivity contribution in [3.05, 3.63) is 34.9 Å². The topological polar surface area (TPSA) is 38.3 Å². The average molecular weight is 268 g/mol. The SMILES string of the molecule is COC(=O)CC(Cc1ccc(Cl)cc1)NC1CC1. The minimum atomic E-state index is -0.165. The summed E-state index contributed by atoms with van der Waals surface area (Å²) in [7, 11) is 1.43. The van der Waals surface area contributed by atoms with Crippen LogP contribution in [0, 0.1) is 0 Å². The summed E-state index contributed by atoms with van der Waals surface area (Å²) in [6.45, 7) is 0. The number of benzene rings is 1. The molecule has 2 rings (SSSR count). The number of ether oxygens (including phenoxy) is 1. The Kier molecular flexibility index (Phi) is 4.61. The quantitative estimate of drug-likeness (QED) is 0.805. The van der Waals surface area contributed by atoms with Crippen LogP contribution in [0.4, 0.5) is 0 Å². The van der Waals surface area contributed by atoms with Gasteiger partial charge in [0.1, 0.15) is 0 Å². The van der Waals surface area contributed by atoms with Crippen LogP contribution >= 0.6 is 11.6 Å². The molecule has 1 aromatic rings. The highest BCUT2D eigenvalue weighted by Crippen LogP contribution is 2.21. The molecule has 1 aliphatic carbocycles. The zero-order chi connectivity index (χ0) is 13.0. The molecule has 0 spiro atoms. The molecule has 1 aromatic carbocycles. The molecule has 1 saturated carbocycles. The Morgan fingerprint density at radius 3 is 2.67 bits per heavy atom. The van der Waals surface area contributed by atoms with Crippen LogP contribution in [0.5, 0.6) is 0 Å². The summed E-state index contributed by atoms with van der Waals surface area (Å²) in [5.74, 6) is -0.165. The lowest BCUT2D eigenvalue weighted by atomic mass is 10.0. The number of rotatable bonds is 6. The number of hydrogen-bond donors (Lipinski definition) is 1. The largest absolute Gasteiger partial charge is 0.469 e. The summed E-state index contributed by atoms with van der Waals surface area (Å²) in [6.07, 6.45) is 3.65. The van der Waals surface area contributed by atoms with E-state index in [9.17, 15) is 4.79 Å². The molecule has 0 aliphatic heterocycles. The van der Waals surface area contributed by atoms with Gasteiger partial charge < -0.3 is 10.1 Å². The highest BCUT2D eigenvalue weighted by Gasteiger charge is 2.26. The van der Waals surface area contributed by atoms with E-state index in [1.807, 2.05) is 24.3 Å². The molecule has 1 unspecified atom stereocenters. The van der Waals surface area contributed by atoms with E-state index in [4.69, 9.17) is 16.3 Å². The van der Waals surface area contributed by atoms with E-state index in [0.29, 0.717) is 12.5 Å². The Balaban J connectivity index is 1.94. The van der Waals surface area contributed by atoms with E-state index in [1.165, 1.54) is 25.5 Å². The zero-order valence-corrected chi connectivity index (χ0v) is 11.2. The number of halogens is 1. The molecule has 98 valence electrons. The molecular formula is C14H18ClNO2. The molecular weight excluding hydrogens is 250 g/mol. The summed E-state index contributed by atoms with van der Waals surface area (Å²) >= 11 is 5.86. The molecule has 1 fully saturated rings. The van der Waals surface area contributed by atoms with Crippen LogP contribution in [-0.4, -0.2) is 25.2 Å². The van der Waals surface area contributed by atoms with Crippen LogP contribution in [-0.2, 0) is 16.0 Å². The lowest BCUT2D eigenvalue weighted by molar-refractivity contribution is -0.141. The van der Waals surface area contributed by atoms with Crippen LogP contribution in [0.15, 0.2) is 24.3 Å². The van der Waals surface area contributed by atoms with Crippen molar-refractivity contribution in [2.45, 2.75) is 37.8 Å². The molecule has 1 atom stereocenters. The molecule has 0 aromatic heterocycles. The fourth-order valence-corrected chi connectivity index (χ4v) is 2.09. The van der Waals surface area contributed by atoms with Crippen molar-refractivity contribution in [3.63, 3.8) is 0 Å². The number of esters is 1. The van der Waals surface area contributed by atoms with Crippen LogP contribution in [0.25, 0.3) is 0 Å². The standard InChI is InChI=1S/C14H18ClNO2/c1-18-14(17)9-13(16-12-6-7-12)8-10-2-4-11(15)5-3-10/h2-5,12-13,16H,6-9H2,1H3. The number of carbonyl (C=O) groups is 1. The molecule has 1 N–H and O–H groups in total. The number of hydrogen-bond acceptors (Lipinski definition) is 3. The third-order valence-electron chi connectivity index (χ3n) is 3.08. The van der Waals surface area contributed by atoms with Gasteiger partial charge in [0.05, 0.1) is 13.5 Å². The van der Waals surface area contributed by atoms with Crippen LogP contribution in [0.2, 0.25) is 5.02 Å². The van der Waals surface area contributed by atoms with Crippen molar-refractivity contribution in [1.29, 1.82) is 0 Å². The van der Waals surface area contributed by atoms with Gasteiger partial charge in [-0.25, -0.2) is 0 Å². The molecule has 18 heavy (non-hydrogen) atoms. The van der Waals surface area contributed by atoms with E-state index in [1.54, 1.807) is 0 Å². The summed E-state index contributed by atoms with van der Waals surface area (Å²) in [5.41, 5.74) is 1.18. The molecule has 3 nitrogen and oxygen atoms in total. The predicted octanol–water partition coefficient (Wildman–Crippen LogP) is 2.57. The summed E-state index contributed by atoms with van der Waals surface area (Å²) < 4.78 is 4.74. The first-order chi connectivity index (χ1) is 8.67. The second-order valence-corrected chi connectivity index (χ2v) is 5.19. The third kappa shape index (κ3) is 4.31. The molecule has 0 saturated heterocycles. The van der Waals surface area contributed by atoms with Crippen molar-refractivity contribution >= 4 is 17.6 Å². The average Bonchev–Trinajstić information content (AvgIpc) is 3.15. The van der Waals surface area contributed by atoms with Crippen molar-refractivity contribution in [3.8, 4) is 0 Å². The van der Waals surface area contributed by atoms with Crippen LogP contribution in [0.1, 0.15) is 24.8 Å². The van der Waals surface area contributed by atoms with E-state index in [-0.39, 0.29) is 12.0 Å².